The van der Waals surface area contributed by atoms with E-state index in [0.29, 0.717) is 18.8 Å². The van der Waals surface area contributed by atoms with Crippen molar-refractivity contribution in [3.05, 3.63) is 0 Å². The highest BCUT2D eigenvalue weighted by atomic mass is 32.2. The van der Waals surface area contributed by atoms with Gasteiger partial charge in [-0.25, -0.2) is 14.4 Å². The lowest BCUT2D eigenvalue weighted by Crippen LogP contribution is -2.58. The van der Waals surface area contributed by atoms with Crippen molar-refractivity contribution in [2.45, 2.75) is 18.5 Å². The van der Waals surface area contributed by atoms with Crippen LogP contribution in [0.1, 0.15) is 6.42 Å². The van der Waals surface area contributed by atoms with Crippen molar-refractivity contribution in [1.29, 1.82) is 0 Å². The van der Waals surface area contributed by atoms with E-state index in [9.17, 15) is 14.4 Å². The van der Waals surface area contributed by atoms with Crippen molar-refractivity contribution >= 4 is 29.7 Å². The molecule has 0 radical (unpaired) electrons. The van der Waals surface area contributed by atoms with Gasteiger partial charge in [-0.3, -0.25) is 0 Å². The van der Waals surface area contributed by atoms with Crippen LogP contribution in [-0.2, 0) is 19.1 Å². The number of hydrogen-bond donors (Lipinski definition) is 2. The summed E-state index contributed by atoms with van der Waals surface area (Å²) in [6.07, 6.45) is 2.17. The van der Waals surface area contributed by atoms with Gasteiger partial charge in [0.05, 0.1) is 20.3 Å². The second kappa shape index (κ2) is 8.73. The molecule has 1 saturated heterocycles. The van der Waals surface area contributed by atoms with Crippen LogP contribution < -0.4 is 5.32 Å². The molecule has 2 atom stereocenters. The fraction of sp³-hybridized carbons (Fsp3) is 0.750. The number of aliphatic carboxylic acids is 1. The molecule has 1 rings (SSSR count). The van der Waals surface area contributed by atoms with Crippen LogP contribution in [0.4, 0.5) is 4.79 Å². The van der Waals surface area contributed by atoms with Crippen molar-refractivity contribution in [3.8, 4) is 0 Å². The molecule has 0 aromatic carbocycles. The van der Waals surface area contributed by atoms with Crippen LogP contribution in [0.25, 0.3) is 0 Å². The third-order valence-corrected chi connectivity index (χ3v) is 3.71. The summed E-state index contributed by atoms with van der Waals surface area (Å²) in [5.41, 5.74) is 0. The first-order valence-corrected chi connectivity index (χ1v) is 7.85. The highest BCUT2D eigenvalue weighted by Gasteiger charge is 2.35. The van der Waals surface area contributed by atoms with Gasteiger partial charge in [-0.05, 0) is 18.4 Å². The minimum absolute atomic E-state index is 0.0443. The predicted octanol–water partition coefficient (Wildman–Crippen LogP) is -0.224. The third kappa shape index (κ3) is 5.09. The van der Waals surface area contributed by atoms with Gasteiger partial charge in [-0.1, -0.05) is 0 Å². The molecule has 21 heavy (non-hydrogen) atoms. The van der Waals surface area contributed by atoms with Gasteiger partial charge in [-0.15, -0.1) is 0 Å². The number of amides is 2. The second-order valence-electron chi connectivity index (χ2n) is 4.43. The van der Waals surface area contributed by atoms with Crippen molar-refractivity contribution in [1.82, 2.24) is 10.2 Å². The van der Waals surface area contributed by atoms with E-state index in [1.165, 1.54) is 23.8 Å². The first-order valence-electron chi connectivity index (χ1n) is 6.45. The average Bonchev–Trinajstić information content (AvgIpc) is 2.50. The summed E-state index contributed by atoms with van der Waals surface area (Å²) >= 11 is 1.50. The molecule has 2 N–H and O–H groups in total. The maximum atomic E-state index is 12.2. The van der Waals surface area contributed by atoms with Crippen molar-refractivity contribution in [2.24, 2.45) is 0 Å². The first kappa shape index (κ1) is 17.6. The molecule has 0 aromatic rings. The Kier molecular flexibility index (Phi) is 7.30. The van der Waals surface area contributed by atoms with Crippen molar-refractivity contribution < 1.29 is 29.0 Å². The van der Waals surface area contributed by atoms with Gasteiger partial charge in [0.2, 0.25) is 0 Å². The number of nitrogens with zero attached hydrogens (tertiary/aromatic N) is 1. The monoisotopic (exact) mass is 320 g/mol. The smallest absolute Gasteiger partial charge is 0.331 e. The van der Waals surface area contributed by atoms with Crippen molar-refractivity contribution in [2.75, 3.05) is 38.9 Å². The largest absolute Gasteiger partial charge is 0.480 e. The molecule has 0 saturated carbocycles. The Balaban J connectivity index is 2.69. The number of thioether (sulfide) groups is 1. The number of carbonyl (C=O) groups excluding carboxylic acids is 2. The van der Waals surface area contributed by atoms with E-state index in [1.54, 1.807) is 0 Å². The molecule has 8 nitrogen and oxygen atoms in total. The zero-order valence-corrected chi connectivity index (χ0v) is 12.9. The van der Waals surface area contributed by atoms with Gasteiger partial charge in [-0.2, -0.15) is 11.8 Å². The molecule has 2 amide bonds. The summed E-state index contributed by atoms with van der Waals surface area (Å²) < 4.78 is 9.79. The summed E-state index contributed by atoms with van der Waals surface area (Å²) in [6.45, 7) is 0.548. The minimum atomic E-state index is -1.10. The number of rotatable bonds is 6. The lowest BCUT2D eigenvalue weighted by atomic mass is 10.2. The zero-order chi connectivity index (χ0) is 15.8. The Morgan fingerprint density at radius 3 is 2.81 bits per heavy atom. The fourth-order valence-corrected chi connectivity index (χ4v) is 2.37. The quantitative estimate of drug-likeness (QED) is 0.652. The molecule has 1 unspecified atom stereocenters. The number of carboxylic acids is 1. The lowest BCUT2D eigenvalue weighted by molar-refractivity contribution is -0.151. The zero-order valence-electron chi connectivity index (χ0n) is 12.0. The predicted molar refractivity (Wildman–Crippen MR) is 76.3 cm³/mol. The minimum Gasteiger partial charge on any atom is -0.480 e. The van der Waals surface area contributed by atoms with Crippen molar-refractivity contribution in [3.63, 3.8) is 0 Å². The summed E-state index contributed by atoms with van der Waals surface area (Å²) in [5, 5.41) is 11.6. The number of nitrogens with one attached hydrogen (secondary N) is 1. The third-order valence-electron chi connectivity index (χ3n) is 3.07. The average molecular weight is 320 g/mol. The number of ether oxygens (including phenoxy) is 2. The lowest BCUT2D eigenvalue weighted by Gasteiger charge is -2.34. The highest BCUT2D eigenvalue weighted by molar-refractivity contribution is 7.98. The molecule has 0 aromatic heterocycles. The molecule has 0 spiro atoms. The molecule has 0 aliphatic carbocycles. The highest BCUT2D eigenvalue weighted by Crippen LogP contribution is 2.10. The van der Waals surface area contributed by atoms with Gasteiger partial charge < -0.3 is 24.8 Å². The maximum Gasteiger partial charge on any atom is 0.331 e. The van der Waals surface area contributed by atoms with Crippen LogP contribution in [0.2, 0.25) is 0 Å². The molecule has 0 bridgehead atoms. The van der Waals surface area contributed by atoms with E-state index < -0.39 is 30.1 Å². The van der Waals surface area contributed by atoms with E-state index in [2.05, 4.69) is 10.1 Å². The van der Waals surface area contributed by atoms with Gasteiger partial charge in [0.25, 0.3) is 0 Å². The molecule has 1 aliphatic rings. The van der Waals surface area contributed by atoms with Crippen LogP contribution in [0.5, 0.6) is 0 Å². The number of carbonyl (C=O) groups is 3. The number of esters is 1. The number of urea groups is 1. The topological polar surface area (TPSA) is 105 Å². The Bertz CT molecular complexity index is 392. The Hall–Kier alpha value is -1.48. The van der Waals surface area contributed by atoms with E-state index >= 15 is 0 Å². The number of methoxy groups -OCH3 is 1. The summed E-state index contributed by atoms with van der Waals surface area (Å²) in [7, 11) is 1.23. The molecular formula is C12H20N2O6S. The molecule has 1 aliphatic heterocycles. The van der Waals surface area contributed by atoms with Crippen LogP contribution in [0.15, 0.2) is 0 Å². The van der Waals surface area contributed by atoms with Crippen LogP contribution in [0, 0.1) is 0 Å². The van der Waals surface area contributed by atoms with Gasteiger partial charge in [0.15, 0.2) is 6.04 Å². The van der Waals surface area contributed by atoms with E-state index in [-0.39, 0.29) is 13.2 Å². The fourth-order valence-electron chi connectivity index (χ4n) is 1.90. The Morgan fingerprint density at radius 2 is 2.24 bits per heavy atom. The number of hydrogen-bond acceptors (Lipinski definition) is 6. The van der Waals surface area contributed by atoms with Crippen LogP contribution >= 0.6 is 11.8 Å². The Morgan fingerprint density at radius 1 is 1.52 bits per heavy atom. The first-order chi connectivity index (χ1) is 10.0. The number of carboxylic acid groups (broad SMARTS) is 1. The van der Waals surface area contributed by atoms with E-state index in [0.717, 1.165) is 0 Å². The van der Waals surface area contributed by atoms with E-state index in [1.807, 2.05) is 6.26 Å². The molecule has 1 heterocycles. The molecular weight excluding hydrogens is 300 g/mol. The van der Waals surface area contributed by atoms with Gasteiger partial charge >= 0.3 is 18.0 Å². The van der Waals surface area contributed by atoms with Crippen LogP contribution in [-0.4, -0.2) is 78.9 Å². The normalized spacial score (nSPS) is 19.7. The second-order valence-corrected chi connectivity index (χ2v) is 5.41. The molecule has 120 valence electrons. The van der Waals surface area contributed by atoms with E-state index in [4.69, 9.17) is 9.84 Å². The summed E-state index contributed by atoms with van der Waals surface area (Å²) in [4.78, 5) is 36.2. The van der Waals surface area contributed by atoms with Crippen LogP contribution in [0.3, 0.4) is 0 Å². The summed E-state index contributed by atoms with van der Waals surface area (Å²) in [5.74, 6) is -1.07. The maximum absolute atomic E-state index is 12.2. The van der Waals surface area contributed by atoms with Gasteiger partial charge in [0, 0.05) is 6.54 Å². The molecule has 1 fully saturated rings. The standard InChI is InChI=1S/C12H20N2O6S/c1-19-11(17)9-7-20-5-4-14(9)12(18)13-8(10(15)16)3-6-21-2/h8-9H,3-7H2,1-2H3,(H,13,18)(H,15,16)/t8-,9?/m0/s1. The molecule has 9 heteroatoms. The SMILES string of the molecule is COC(=O)C1COCCN1C(=O)N[C@@H](CCSC)C(=O)O. The summed E-state index contributed by atoms with van der Waals surface area (Å²) in [6, 6.07) is -2.42. The number of morpholine rings is 1. The van der Waals surface area contributed by atoms with Gasteiger partial charge in [0.1, 0.15) is 6.04 Å². The Labute approximate surface area is 127 Å².